The van der Waals surface area contributed by atoms with Gasteiger partial charge >= 0.3 is 5.97 Å². The summed E-state index contributed by atoms with van der Waals surface area (Å²) < 4.78 is 0. The molecule has 3 heteroatoms. The molecule has 0 spiro atoms. The van der Waals surface area contributed by atoms with Crippen molar-refractivity contribution >= 4 is 17.6 Å². The molecule has 0 aromatic rings. The van der Waals surface area contributed by atoms with Crippen LogP contribution in [0.15, 0.2) is 23.8 Å². The molecule has 11 heavy (non-hydrogen) atoms. The number of carboxylic acids is 1. The highest BCUT2D eigenvalue weighted by Crippen LogP contribution is 2.10. The first-order valence-corrected chi connectivity index (χ1v) is 3.72. The standard InChI is InChI=1S/C8H11ClO2/c1-2-3-4-7(9)5-6-8(10)11/h2,5H,1,3-4,6H2,(H,10,11)/b7-5+. The zero-order chi connectivity index (χ0) is 8.69. The van der Waals surface area contributed by atoms with Gasteiger partial charge in [-0.1, -0.05) is 23.8 Å². The van der Waals surface area contributed by atoms with Gasteiger partial charge in [-0.25, -0.2) is 0 Å². The number of carbonyl (C=O) groups is 1. The minimum Gasteiger partial charge on any atom is -0.481 e. The SMILES string of the molecule is C=CCC/C(Cl)=C\CC(=O)O. The third-order valence-corrected chi connectivity index (χ3v) is 1.43. The number of rotatable bonds is 5. The second-order valence-corrected chi connectivity index (χ2v) is 2.56. The molecule has 0 radical (unpaired) electrons. The number of hydrogen-bond acceptors (Lipinski definition) is 1. The highest BCUT2D eigenvalue weighted by molar-refractivity contribution is 6.29. The summed E-state index contributed by atoms with van der Waals surface area (Å²) in [5, 5.41) is 8.85. The fourth-order valence-corrected chi connectivity index (χ4v) is 0.726. The number of aliphatic carboxylic acids is 1. The van der Waals surface area contributed by atoms with E-state index in [1.165, 1.54) is 6.08 Å². The van der Waals surface area contributed by atoms with Crippen LogP contribution in [0.3, 0.4) is 0 Å². The van der Waals surface area contributed by atoms with Crippen molar-refractivity contribution in [2.45, 2.75) is 19.3 Å². The normalized spacial score (nSPS) is 11.2. The number of carboxylic acid groups (broad SMARTS) is 1. The van der Waals surface area contributed by atoms with Gasteiger partial charge in [-0.3, -0.25) is 4.79 Å². The van der Waals surface area contributed by atoms with Crippen molar-refractivity contribution in [3.8, 4) is 0 Å². The predicted octanol–water partition coefficient (Wildman–Crippen LogP) is 2.55. The van der Waals surface area contributed by atoms with Crippen LogP contribution in [0.4, 0.5) is 0 Å². The molecule has 62 valence electrons. The molecule has 0 unspecified atom stereocenters. The molecular weight excluding hydrogens is 164 g/mol. The molecule has 1 N–H and O–H groups in total. The topological polar surface area (TPSA) is 37.3 Å². The third kappa shape index (κ3) is 7.13. The Labute approximate surface area is 71.2 Å². The Hall–Kier alpha value is -0.760. The Morgan fingerprint density at radius 1 is 1.64 bits per heavy atom. The van der Waals surface area contributed by atoms with Crippen LogP contribution in [0, 0.1) is 0 Å². The molecular formula is C8H11ClO2. The summed E-state index contributed by atoms with van der Waals surface area (Å²) in [5.74, 6) is -0.859. The lowest BCUT2D eigenvalue weighted by Crippen LogP contribution is -1.90. The molecule has 0 amide bonds. The first-order chi connectivity index (χ1) is 5.16. The monoisotopic (exact) mass is 174 g/mol. The van der Waals surface area contributed by atoms with Crippen LogP contribution in [-0.4, -0.2) is 11.1 Å². The van der Waals surface area contributed by atoms with Crippen LogP contribution in [0.5, 0.6) is 0 Å². The highest BCUT2D eigenvalue weighted by atomic mass is 35.5. The molecule has 0 saturated heterocycles. The minimum atomic E-state index is -0.859. The van der Waals surface area contributed by atoms with E-state index in [-0.39, 0.29) is 6.42 Å². The summed E-state index contributed by atoms with van der Waals surface area (Å²) in [4.78, 5) is 10.1. The summed E-state index contributed by atoms with van der Waals surface area (Å²) in [6.07, 6.45) is 4.72. The Morgan fingerprint density at radius 2 is 2.27 bits per heavy atom. The summed E-state index contributed by atoms with van der Waals surface area (Å²) >= 11 is 5.65. The van der Waals surface area contributed by atoms with E-state index in [1.54, 1.807) is 6.08 Å². The van der Waals surface area contributed by atoms with E-state index in [2.05, 4.69) is 6.58 Å². The lowest BCUT2D eigenvalue weighted by atomic mass is 10.2. The van der Waals surface area contributed by atoms with Crippen LogP contribution in [0.1, 0.15) is 19.3 Å². The number of allylic oxidation sites excluding steroid dienone is 2. The molecule has 2 nitrogen and oxygen atoms in total. The van der Waals surface area contributed by atoms with Crippen LogP contribution < -0.4 is 0 Å². The van der Waals surface area contributed by atoms with E-state index in [9.17, 15) is 4.79 Å². The Morgan fingerprint density at radius 3 is 2.73 bits per heavy atom. The maximum atomic E-state index is 10.1. The fourth-order valence-electron chi connectivity index (χ4n) is 0.540. The van der Waals surface area contributed by atoms with Gasteiger partial charge in [0, 0.05) is 5.03 Å². The van der Waals surface area contributed by atoms with Gasteiger partial charge in [0.15, 0.2) is 0 Å². The summed E-state index contributed by atoms with van der Waals surface area (Å²) in [7, 11) is 0. The Bertz CT molecular complexity index is 173. The number of halogens is 1. The van der Waals surface area contributed by atoms with Crippen LogP contribution >= 0.6 is 11.6 Å². The van der Waals surface area contributed by atoms with Crippen molar-refractivity contribution in [2.24, 2.45) is 0 Å². The summed E-state index contributed by atoms with van der Waals surface area (Å²) in [5.41, 5.74) is 0. The van der Waals surface area contributed by atoms with E-state index in [0.29, 0.717) is 11.5 Å². The van der Waals surface area contributed by atoms with Gasteiger partial charge in [0.1, 0.15) is 0 Å². The van der Waals surface area contributed by atoms with Crippen LogP contribution in [0.2, 0.25) is 0 Å². The van der Waals surface area contributed by atoms with E-state index < -0.39 is 5.97 Å². The van der Waals surface area contributed by atoms with Gasteiger partial charge in [-0.15, -0.1) is 6.58 Å². The van der Waals surface area contributed by atoms with E-state index in [0.717, 1.165) is 6.42 Å². The summed E-state index contributed by atoms with van der Waals surface area (Å²) in [6, 6.07) is 0. The summed E-state index contributed by atoms with van der Waals surface area (Å²) in [6.45, 7) is 3.53. The van der Waals surface area contributed by atoms with Crippen molar-refractivity contribution in [3.63, 3.8) is 0 Å². The van der Waals surface area contributed by atoms with Gasteiger partial charge in [-0.2, -0.15) is 0 Å². The molecule has 0 aromatic carbocycles. The lowest BCUT2D eigenvalue weighted by Gasteiger charge is -1.92. The van der Waals surface area contributed by atoms with Crippen molar-refractivity contribution in [1.29, 1.82) is 0 Å². The highest BCUT2D eigenvalue weighted by Gasteiger charge is 1.94. The van der Waals surface area contributed by atoms with E-state index in [1.807, 2.05) is 0 Å². The van der Waals surface area contributed by atoms with E-state index in [4.69, 9.17) is 16.7 Å². The van der Waals surface area contributed by atoms with Gasteiger partial charge in [0.05, 0.1) is 6.42 Å². The molecule has 0 aliphatic rings. The van der Waals surface area contributed by atoms with Crippen molar-refractivity contribution in [3.05, 3.63) is 23.8 Å². The molecule has 0 heterocycles. The Balaban J connectivity index is 3.62. The fraction of sp³-hybridized carbons (Fsp3) is 0.375. The van der Waals surface area contributed by atoms with Crippen molar-refractivity contribution in [2.75, 3.05) is 0 Å². The Kier molecular flexibility index (Phi) is 5.57. The van der Waals surface area contributed by atoms with Gasteiger partial charge in [-0.05, 0) is 12.8 Å². The molecule has 0 rings (SSSR count). The van der Waals surface area contributed by atoms with Gasteiger partial charge in [0.2, 0.25) is 0 Å². The first-order valence-electron chi connectivity index (χ1n) is 3.34. The smallest absolute Gasteiger partial charge is 0.307 e. The van der Waals surface area contributed by atoms with Gasteiger partial charge in [0.25, 0.3) is 0 Å². The molecule has 0 aliphatic carbocycles. The molecule has 0 fully saturated rings. The molecule has 0 aromatic heterocycles. The molecule has 0 saturated carbocycles. The van der Waals surface area contributed by atoms with Crippen molar-refractivity contribution < 1.29 is 9.90 Å². The molecule has 0 bridgehead atoms. The quantitative estimate of drug-likeness (QED) is 0.651. The second kappa shape index (κ2) is 5.98. The van der Waals surface area contributed by atoms with Crippen LogP contribution in [0.25, 0.3) is 0 Å². The third-order valence-electron chi connectivity index (χ3n) is 1.09. The predicted molar refractivity (Wildman–Crippen MR) is 45.6 cm³/mol. The van der Waals surface area contributed by atoms with Gasteiger partial charge < -0.3 is 5.11 Å². The zero-order valence-corrected chi connectivity index (χ0v) is 6.97. The lowest BCUT2D eigenvalue weighted by molar-refractivity contribution is -0.136. The zero-order valence-electron chi connectivity index (χ0n) is 6.22. The molecule has 0 atom stereocenters. The second-order valence-electron chi connectivity index (χ2n) is 2.08. The largest absolute Gasteiger partial charge is 0.481 e. The maximum Gasteiger partial charge on any atom is 0.307 e. The first kappa shape index (κ1) is 10.2. The average Bonchev–Trinajstić information content (AvgIpc) is 1.97. The van der Waals surface area contributed by atoms with Crippen molar-refractivity contribution in [1.82, 2.24) is 0 Å². The number of hydrogen-bond donors (Lipinski definition) is 1. The molecule has 0 aliphatic heterocycles. The van der Waals surface area contributed by atoms with E-state index >= 15 is 0 Å². The minimum absolute atomic E-state index is 0.00399. The average molecular weight is 175 g/mol. The van der Waals surface area contributed by atoms with Crippen LogP contribution in [-0.2, 0) is 4.79 Å². The maximum absolute atomic E-state index is 10.1.